The molecule has 0 bridgehead atoms. The summed E-state index contributed by atoms with van der Waals surface area (Å²) in [4.78, 5) is 11.4. The summed E-state index contributed by atoms with van der Waals surface area (Å²) in [6, 6.07) is 3.37. The Morgan fingerprint density at radius 2 is 2.64 bits per heavy atom. The van der Waals surface area contributed by atoms with Gasteiger partial charge in [0.2, 0.25) is 0 Å². The number of hydrogen-bond acceptors (Lipinski definition) is 4. The van der Waals surface area contributed by atoms with E-state index < -0.39 is 0 Å². The van der Waals surface area contributed by atoms with Crippen LogP contribution in [0.25, 0.3) is 0 Å². The molecule has 74 valence electrons. The SMILES string of the molecule is CCC(CC#N)NC(=O)c1ccon1. The molecule has 0 aliphatic rings. The molecular weight excluding hydrogens is 182 g/mol. The van der Waals surface area contributed by atoms with Crippen molar-refractivity contribution in [2.45, 2.75) is 25.8 Å². The fourth-order valence-electron chi connectivity index (χ4n) is 0.997. The molecule has 0 fully saturated rings. The molecule has 0 saturated carbocycles. The normalized spacial score (nSPS) is 11.7. The summed E-state index contributed by atoms with van der Waals surface area (Å²) in [5.41, 5.74) is 0.237. The molecule has 0 aliphatic heterocycles. The molecule has 0 aliphatic carbocycles. The number of hydrogen-bond donors (Lipinski definition) is 1. The maximum Gasteiger partial charge on any atom is 0.273 e. The summed E-state index contributed by atoms with van der Waals surface area (Å²) in [5.74, 6) is -0.305. The molecule has 1 heterocycles. The predicted octanol–water partition coefficient (Wildman–Crippen LogP) is 1.10. The fourth-order valence-corrected chi connectivity index (χ4v) is 0.997. The lowest BCUT2D eigenvalue weighted by Gasteiger charge is -2.11. The molecule has 1 N–H and O–H groups in total. The van der Waals surface area contributed by atoms with Crippen LogP contribution in [0.15, 0.2) is 16.9 Å². The second-order valence-electron chi connectivity index (χ2n) is 2.83. The Hall–Kier alpha value is -1.83. The van der Waals surface area contributed by atoms with Gasteiger partial charge in [-0.05, 0) is 6.42 Å². The zero-order valence-corrected chi connectivity index (χ0v) is 7.86. The molecule has 1 aromatic rings. The van der Waals surface area contributed by atoms with E-state index in [9.17, 15) is 4.79 Å². The Balaban J connectivity index is 2.52. The van der Waals surface area contributed by atoms with E-state index in [1.165, 1.54) is 12.3 Å². The molecule has 1 rings (SSSR count). The third-order valence-electron chi connectivity index (χ3n) is 1.84. The standard InChI is InChI=1S/C9H11N3O2/c1-2-7(3-5-10)11-9(13)8-4-6-14-12-8/h4,6-7H,2-3H2,1H3,(H,11,13). The summed E-state index contributed by atoms with van der Waals surface area (Å²) in [7, 11) is 0. The van der Waals surface area contributed by atoms with Crippen molar-refractivity contribution in [2.75, 3.05) is 0 Å². The molecule has 0 radical (unpaired) electrons. The van der Waals surface area contributed by atoms with E-state index in [0.717, 1.165) is 6.42 Å². The minimum Gasteiger partial charge on any atom is -0.364 e. The minimum absolute atomic E-state index is 0.121. The number of nitrogens with one attached hydrogen (secondary N) is 1. The van der Waals surface area contributed by atoms with Gasteiger partial charge in [-0.3, -0.25) is 4.79 Å². The second-order valence-corrected chi connectivity index (χ2v) is 2.83. The van der Waals surface area contributed by atoms with Crippen molar-refractivity contribution in [3.63, 3.8) is 0 Å². The van der Waals surface area contributed by atoms with Gasteiger partial charge in [0.15, 0.2) is 5.69 Å². The van der Waals surface area contributed by atoms with Gasteiger partial charge in [-0.15, -0.1) is 0 Å². The quantitative estimate of drug-likeness (QED) is 0.776. The number of aromatic nitrogens is 1. The van der Waals surface area contributed by atoms with Crippen LogP contribution in [-0.4, -0.2) is 17.1 Å². The highest BCUT2D eigenvalue weighted by atomic mass is 16.5. The van der Waals surface area contributed by atoms with Gasteiger partial charge in [0, 0.05) is 12.1 Å². The Morgan fingerprint density at radius 3 is 3.14 bits per heavy atom. The van der Waals surface area contributed by atoms with Crippen molar-refractivity contribution in [1.29, 1.82) is 5.26 Å². The number of carbonyl (C=O) groups is 1. The first-order chi connectivity index (χ1) is 6.77. The predicted molar refractivity (Wildman–Crippen MR) is 48.3 cm³/mol. The van der Waals surface area contributed by atoms with Crippen LogP contribution in [0.2, 0.25) is 0 Å². The number of carbonyl (C=O) groups excluding carboxylic acids is 1. The lowest BCUT2D eigenvalue weighted by molar-refractivity contribution is 0.0927. The molecule has 1 unspecified atom stereocenters. The average Bonchev–Trinajstić information content (AvgIpc) is 2.69. The van der Waals surface area contributed by atoms with Crippen molar-refractivity contribution in [2.24, 2.45) is 0 Å². The first kappa shape index (κ1) is 10.3. The van der Waals surface area contributed by atoms with Crippen molar-refractivity contribution in [3.8, 4) is 6.07 Å². The summed E-state index contributed by atoms with van der Waals surface area (Å²) in [5, 5.41) is 14.7. The minimum atomic E-state index is -0.305. The number of nitriles is 1. The molecule has 5 nitrogen and oxygen atoms in total. The van der Waals surface area contributed by atoms with Gasteiger partial charge in [-0.25, -0.2) is 0 Å². The molecule has 0 aromatic carbocycles. The fraction of sp³-hybridized carbons (Fsp3) is 0.444. The van der Waals surface area contributed by atoms with E-state index in [-0.39, 0.29) is 17.6 Å². The van der Waals surface area contributed by atoms with Gasteiger partial charge in [-0.1, -0.05) is 12.1 Å². The highest BCUT2D eigenvalue weighted by Crippen LogP contribution is 2.00. The van der Waals surface area contributed by atoms with Gasteiger partial charge < -0.3 is 9.84 Å². The zero-order valence-electron chi connectivity index (χ0n) is 7.86. The van der Waals surface area contributed by atoms with Crippen LogP contribution in [0.3, 0.4) is 0 Å². The molecule has 0 saturated heterocycles. The maximum absolute atomic E-state index is 11.4. The molecule has 1 aromatic heterocycles. The van der Waals surface area contributed by atoms with Crippen molar-refractivity contribution >= 4 is 5.91 Å². The molecule has 5 heteroatoms. The van der Waals surface area contributed by atoms with Gasteiger partial charge in [0.1, 0.15) is 6.26 Å². The van der Waals surface area contributed by atoms with Gasteiger partial charge in [0.25, 0.3) is 5.91 Å². The monoisotopic (exact) mass is 193 g/mol. The molecule has 1 atom stereocenters. The van der Waals surface area contributed by atoms with E-state index in [0.29, 0.717) is 6.42 Å². The topological polar surface area (TPSA) is 78.9 Å². The van der Waals surface area contributed by atoms with Crippen LogP contribution in [0.4, 0.5) is 0 Å². The third-order valence-corrected chi connectivity index (χ3v) is 1.84. The van der Waals surface area contributed by atoms with Gasteiger partial charge >= 0.3 is 0 Å². The first-order valence-electron chi connectivity index (χ1n) is 4.36. The van der Waals surface area contributed by atoms with Gasteiger partial charge in [0.05, 0.1) is 12.5 Å². The Kier molecular flexibility index (Phi) is 3.68. The van der Waals surface area contributed by atoms with Crippen LogP contribution < -0.4 is 5.32 Å². The average molecular weight is 193 g/mol. The van der Waals surface area contributed by atoms with Crippen LogP contribution in [0.1, 0.15) is 30.3 Å². The highest BCUT2D eigenvalue weighted by molar-refractivity contribution is 5.92. The highest BCUT2D eigenvalue weighted by Gasteiger charge is 2.13. The lowest BCUT2D eigenvalue weighted by Crippen LogP contribution is -2.34. The van der Waals surface area contributed by atoms with E-state index in [1.54, 1.807) is 0 Å². The number of rotatable bonds is 4. The first-order valence-corrected chi connectivity index (χ1v) is 4.36. The largest absolute Gasteiger partial charge is 0.364 e. The maximum atomic E-state index is 11.4. The molecule has 0 spiro atoms. The number of nitrogens with zero attached hydrogens (tertiary/aromatic N) is 2. The van der Waals surface area contributed by atoms with Crippen molar-refractivity contribution in [1.82, 2.24) is 10.5 Å². The Bertz CT molecular complexity index is 326. The number of amides is 1. The van der Waals surface area contributed by atoms with E-state index >= 15 is 0 Å². The molecule has 1 amide bonds. The van der Waals surface area contributed by atoms with Gasteiger partial charge in [-0.2, -0.15) is 5.26 Å². The van der Waals surface area contributed by atoms with E-state index in [4.69, 9.17) is 5.26 Å². The molecule has 14 heavy (non-hydrogen) atoms. The molecular formula is C9H11N3O2. The summed E-state index contributed by atoms with van der Waals surface area (Å²) >= 11 is 0. The van der Waals surface area contributed by atoms with Crippen molar-refractivity contribution in [3.05, 3.63) is 18.0 Å². The Morgan fingerprint density at radius 1 is 1.86 bits per heavy atom. The second kappa shape index (κ2) is 5.02. The van der Waals surface area contributed by atoms with Crippen LogP contribution in [-0.2, 0) is 0 Å². The summed E-state index contributed by atoms with van der Waals surface area (Å²) in [6.45, 7) is 1.91. The smallest absolute Gasteiger partial charge is 0.273 e. The van der Waals surface area contributed by atoms with Crippen LogP contribution >= 0.6 is 0 Å². The summed E-state index contributed by atoms with van der Waals surface area (Å²) < 4.78 is 4.53. The van der Waals surface area contributed by atoms with Crippen molar-refractivity contribution < 1.29 is 9.32 Å². The summed E-state index contributed by atoms with van der Waals surface area (Å²) in [6.07, 6.45) is 2.36. The zero-order chi connectivity index (χ0) is 10.4. The van der Waals surface area contributed by atoms with E-state index in [2.05, 4.69) is 15.0 Å². The Labute approximate surface area is 81.7 Å². The van der Waals surface area contributed by atoms with Crippen LogP contribution in [0.5, 0.6) is 0 Å². The van der Waals surface area contributed by atoms with Crippen LogP contribution in [0, 0.1) is 11.3 Å². The van der Waals surface area contributed by atoms with E-state index in [1.807, 2.05) is 13.0 Å². The lowest BCUT2D eigenvalue weighted by atomic mass is 10.1. The third kappa shape index (κ3) is 2.59.